The highest BCUT2D eigenvalue weighted by Gasteiger charge is 2.23. The fourth-order valence-corrected chi connectivity index (χ4v) is 4.32. The largest absolute Gasteiger partial charge is 0.356 e. The number of guanidine groups is 1. The van der Waals surface area contributed by atoms with Gasteiger partial charge in [0.25, 0.3) is 0 Å². The fraction of sp³-hybridized carbons (Fsp3) is 0.696. The molecular formula is C23H39N5O2S. The third kappa shape index (κ3) is 9.72. The number of piperazine rings is 1. The van der Waals surface area contributed by atoms with E-state index in [0.717, 1.165) is 44.7 Å². The minimum atomic E-state index is 0.214. The lowest BCUT2D eigenvalue weighted by Gasteiger charge is -2.35. The molecular weight excluding hydrogens is 410 g/mol. The van der Waals surface area contributed by atoms with Crippen molar-refractivity contribution in [2.75, 3.05) is 46.3 Å². The molecule has 1 aliphatic heterocycles. The predicted octanol–water partition coefficient (Wildman–Crippen LogP) is 2.73. The highest BCUT2D eigenvalue weighted by atomic mass is 32.1. The molecule has 0 bridgehead atoms. The minimum absolute atomic E-state index is 0.214. The lowest BCUT2D eigenvalue weighted by molar-refractivity contribution is -0.140. The first-order valence-corrected chi connectivity index (χ1v) is 12.4. The number of hydrogen-bond acceptors (Lipinski definition) is 4. The molecule has 31 heavy (non-hydrogen) atoms. The summed E-state index contributed by atoms with van der Waals surface area (Å²) in [7, 11) is 1.79. The summed E-state index contributed by atoms with van der Waals surface area (Å²) in [6, 6.07) is 4.22. The summed E-state index contributed by atoms with van der Waals surface area (Å²) in [5.41, 5.74) is 0. The van der Waals surface area contributed by atoms with Gasteiger partial charge >= 0.3 is 0 Å². The first-order chi connectivity index (χ1) is 15.0. The average molecular weight is 450 g/mol. The van der Waals surface area contributed by atoms with Crippen molar-refractivity contribution in [1.82, 2.24) is 20.4 Å². The standard InChI is InChI=1S/C23H39N5O2S/c1-19(2)18-22(30)28-15-13-27(14-16-28)21(29)9-5-4-6-11-25-23(24-3)26-12-10-20-8-7-17-31-20/h7-8,17,19H,4-6,9-16,18H2,1-3H3,(H2,24,25,26). The number of hydrogen-bond donors (Lipinski definition) is 2. The zero-order chi connectivity index (χ0) is 22.5. The summed E-state index contributed by atoms with van der Waals surface area (Å²) in [6.07, 6.45) is 5.11. The molecule has 1 fully saturated rings. The van der Waals surface area contributed by atoms with E-state index in [9.17, 15) is 9.59 Å². The molecule has 1 aliphatic rings. The van der Waals surface area contributed by atoms with Crippen molar-refractivity contribution >= 4 is 29.1 Å². The van der Waals surface area contributed by atoms with E-state index in [1.54, 1.807) is 18.4 Å². The van der Waals surface area contributed by atoms with E-state index < -0.39 is 0 Å². The summed E-state index contributed by atoms with van der Waals surface area (Å²) < 4.78 is 0. The molecule has 2 N–H and O–H groups in total. The Morgan fingerprint density at radius 3 is 2.32 bits per heavy atom. The van der Waals surface area contributed by atoms with Crippen LogP contribution in [0.25, 0.3) is 0 Å². The maximum absolute atomic E-state index is 12.4. The topological polar surface area (TPSA) is 77.0 Å². The molecule has 1 saturated heterocycles. The Morgan fingerprint density at radius 1 is 1.03 bits per heavy atom. The lowest BCUT2D eigenvalue weighted by Crippen LogP contribution is -2.50. The molecule has 0 atom stereocenters. The van der Waals surface area contributed by atoms with Crippen LogP contribution in [0.4, 0.5) is 0 Å². The van der Waals surface area contributed by atoms with Crippen LogP contribution in [0.15, 0.2) is 22.5 Å². The molecule has 174 valence electrons. The second kappa shape index (κ2) is 14.1. The molecule has 0 unspecified atom stereocenters. The smallest absolute Gasteiger partial charge is 0.222 e. The van der Waals surface area contributed by atoms with Crippen molar-refractivity contribution in [3.63, 3.8) is 0 Å². The summed E-state index contributed by atoms with van der Waals surface area (Å²) in [5.74, 6) is 1.64. The molecule has 0 aliphatic carbocycles. The van der Waals surface area contributed by atoms with E-state index in [1.165, 1.54) is 4.88 Å². The van der Waals surface area contributed by atoms with Gasteiger partial charge in [0, 0.05) is 64.0 Å². The fourth-order valence-electron chi connectivity index (χ4n) is 3.61. The third-order valence-electron chi connectivity index (χ3n) is 5.40. The van der Waals surface area contributed by atoms with Gasteiger partial charge in [-0.3, -0.25) is 14.6 Å². The molecule has 0 saturated carbocycles. The van der Waals surface area contributed by atoms with Crippen molar-refractivity contribution in [3.8, 4) is 0 Å². The van der Waals surface area contributed by atoms with Crippen molar-refractivity contribution in [2.45, 2.75) is 52.4 Å². The predicted molar refractivity (Wildman–Crippen MR) is 128 cm³/mol. The molecule has 1 aromatic rings. The zero-order valence-corrected chi connectivity index (χ0v) is 20.2. The van der Waals surface area contributed by atoms with Gasteiger partial charge in [0.05, 0.1) is 0 Å². The van der Waals surface area contributed by atoms with Crippen molar-refractivity contribution in [3.05, 3.63) is 22.4 Å². The van der Waals surface area contributed by atoms with Crippen molar-refractivity contribution in [2.24, 2.45) is 10.9 Å². The molecule has 1 aromatic heterocycles. The molecule has 2 amide bonds. The zero-order valence-electron chi connectivity index (χ0n) is 19.4. The van der Waals surface area contributed by atoms with Gasteiger partial charge in [-0.15, -0.1) is 11.3 Å². The number of thiophene rings is 1. The second-order valence-corrected chi connectivity index (χ2v) is 9.46. The SMILES string of the molecule is CN=C(NCCCCCC(=O)N1CCN(C(=O)CC(C)C)CC1)NCCc1cccs1. The Hall–Kier alpha value is -2.09. The molecule has 8 heteroatoms. The first-order valence-electron chi connectivity index (χ1n) is 11.5. The lowest BCUT2D eigenvalue weighted by atomic mass is 10.1. The summed E-state index contributed by atoms with van der Waals surface area (Å²) in [6.45, 7) is 8.50. The van der Waals surface area contributed by atoms with Crippen LogP contribution in [0.5, 0.6) is 0 Å². The van der Waals surface area contributed by atoms with Gasteiger partial charge in [-0.1, -0.05) is 26.3 Å². The van der Waals surface area contributed by atoms with E-state index >= 15 is 0 Å². The third-order valence-corrected chi connectivity index (χ3v) is 6.33. The Balaban J connectivity index is 1.50. The van der Waals surface area contributed by atoms with Gasteiger partial charge in [0.2, 0.25) is 11.8 Å². The summed E-state index contributed by atoms with van der Waals surface area (Å²) >= 11 is 1.78. The molecule has 0 aromatic carbocycles. The van der Waals surface area contributed by atoms with Crippen LogP contribution in [0.2, 0.25) is 0 Å². The van der Waals surface area contributed by atoms with Crippen LogP contribution < -0.4 is 10.6 Å². The monoisotopic (exact) mass is 449 g/mol. The Bertz CT molecular complexity index is 682. The Kier molecular flexibility index (Phi) is 11.4. The van der Waals surface area contributed by atoms with Gasteiger partial charge in [0.1, 0.15) is 0 Å². The highest BCUT2D eigenvalue weighted by Crippen LogP contribution is 2.11. The molecule has 2 rings (SSSR count). The summed E-state index contributed by atoms with van der Waals surface area (Å²) in [4.78, 5) is 34.0. The van der Waals surface area contributed by atoms with Crippen LogP contribution in [-0.4, -0.2) is 73.9 Å². The van der Waals surface area contributed by atoms with Crippen molar-refractivity contribution in [1.29, 1.82) is 0 Å². The average Bonchev–Trinajstić information content (AvgIpc) is 3.27. The van der Waals surface area contributed by atoms with E-state index in [4.69, 9.17) is 0 Å². The normalized spacial score (nSPS) is 14.8. The number of unbranched alkanes of at least 4 members (excludes halogenated alkanes) is 2. The second-order valence-electron chi connectivity index (χ2n) is 8.43. The minimum Gasteiger partial charge on any atom is -0.356 e. The number of carbonyl (C=O) groups is 2. The first kappa shape index (κ1) is 25.2. The van der Waals surface area contributed by atoms with E-state index in [2.05, 4.69) is 47.0 Å². The Morgan fingerprint density at radius 2 is 1.71 bits per heavy atom. The van der Waals surface area contributed by atoms with E-state index in [1.807, 2.05) is 9.80 Å². The van der Waals surface area contributed by atoms with Crippen LogP contribution >= 0.6 is 11.3 Å². The number of nitrogens with one attached hydrogen (secondary N) is 2. The number of rotatable bonds is 11. The van der Waals surface area contributed by atoms with Crippen molar-refractivity contribution < 1.29 is 9.59 Å². The molecule has 0 spiro atoms. The van der Waals surface area contributed by atoms with Crippen LogP contribution in [0.3, 0.4) is 0 Å². The number of aliphatic imine (C=N–C) groups is 1. The van der Waals surface area contributed by atoms with Gasteiger partial charge in [-0.25, -0.2) is 0 Å². The van der Waals surface area contributed by atoms with Crippen LogP contribution in [-0.2, 0) is 16.0 Å². The number of nitrogens with zero attached hydrogens (tertiary/aromatic N) is 3. The van der Waals surface area contributed by atoms with Crippen LogP contribution in [0.1, 0.15) is 50.8 Å². The van der Waals surface area contributed by atoms with Gasteiger partial charge in [-0.05, 0) is 36.6 Å². The number of carbonyl (C=O) groups excluding carboxylic acids is 2. The maximum Gasteiger partial charge on any atom is 0.222 e. The quantitative estimate of drug-likeness (QED) is 0.309. The van der Waals surface area contributed by atoms with Crippen LogP contribution in [0, 0.1) is 5.92 Å². The number of amides is 2. The molecule has 2 heterocycles. The van der Waals surface area contributed by atoms with Gasteiger partial charge < -0.3 is 20.4 Å². The van der Waals surface area contributed by atoms with Gasteiger partial charge in [-0.2, -0.15) is 0 Å². The maximum atomic E-state index is 12.4. The van der Waals surface area contributed by atoms with E-state index in [-0.39, 0.29) is 11.8 Å². The van der Waals surface area contributed by atoms with E-state index in [0.29, 0.717) is 44.9 Å². The molecule has 7 nitrogen and oxygen atoms in total. The summed E-state index contributed by atoms with van der Waals surface area (Å²) in [5, 5.41) is 8.78. The highest BCUT2D eigenvalue weighted by molar-refractivity contribution is 7.09. The molecule has 0 radical (unpaired) electrons. The Labute approximate surface area is 191 Å². The van der Waals surface area contributed by atoms with Gasteiger partial charge in [0.15, 0.2) is 5.96 Å².